The van der Waals surface area contributed by atoms with E-state index in [0.29, 0.717) is 0 Å². The van der Waals surface area contributed by atoms with Crippen molar-refractivity contribution in [3.05, 3.63) is 42.2 Å². The molecule has 1 nitrogen and oxygen atoms in total. The average molecular weight is 316 g/mol. The zero-order valence-corrected chi connectivity index (χ0v) is 12.5. The van der Waals surface area contributed by atoms with Crippen LogP contribution >= 0.6 is 38.6 Å². The molecule has 4 heteroatoms. The first-order valence-electron chi connectivity index (χ1n) is 5.21. The summed E-state index contributed by atoms with van der Waals surface area (Å²) in [7, 11) is 0. The summed E-state index contributed by atoms with van der Waals surface area (Å²) in [6, 6.07) is 6.47. The molecule has 0 bridgehead atoms. The largest absolute Gasteiger partial charge is 0.319 e. The van der Waals surface area contributed by atoms with E-state index in [0.717, 1.165) is 10.9 Å². The maximum Gasteiger partial charge on any atom is 0.0751 e. The van der Waals surface area contributed by atoms with Gasteiger partial charge in [-0.3, -0.25) is 0 Å². The quantitative estimate of drug-likeness (QED) is 0.887. The number of hydrogen-bond acceptors (Lipinski definition) is 3. The minimum Gasteiger partial charge on any atom is -0.319 e. The summed E-state index contributed by atoms with van der Waals surface area (Å²) in [5.74, 6) is 0. The molecule has 0 aromatic carbocycles. The topological polar surface area (TPSA) is 26.0 Å². The van der Waals surface area contributed by atoms with Crippen molar-refractivity contribution in [1.82, 2.24) is 0 Å². The highest BCUT2D eigenvalue weighted by molar-refractivity contribution is 9.10. The zero-order chi connectivity index (χ0) is 11.7. The molecule has 2 N–H and O–H groups in total. The molecule has 2 heterocycles. The van der Waals surface area contributed by atoms with Crippen LogP contribution in [-0.2, 0) is 6.42 Å². The van der Waals surface area contributed by atoms with Gasteiger partial charge in [-0.15, -0.1) is 22.7 Å². The highest BCUT2D eigenvalue weighted by Crippen LogP contribution is 2.36. The third-order valence-electron chi connectivity index (χ3n) is 2.46. The lowest BCUT2D eigenvalue weighted by atomic mass is 10.2. The van der Waals surface area contributed by atoms with Crippen LogP contribution in [0.4, 0.5) is 0 Å². The zero-order valence-electron chi connectivity index (χ0n) is 9.29. The summed E-state index contributed by atoms with van der Waals surface area (Å²) in [4.78, 5) is 5.17. The Bertz CT molecular complexity index is 487. The van der Waals surface area contributed by atoms with Crippen molar-refractivity contribution in [3.8, 4) is 0 Å². The van der Waals surface area contributed by atoms with Crippen molar-refractivity contribution in [2.75, 3.05) is 0 Å². The number of thiophene rings is 2. The van der Waals surface area contributed by atoms with Gasteiger partial charge in [-0.05, 0) is 47.5 Å². The van der Waals surface area contributed by atoms with E-state index in [9.17, 15) is 0 Å². The Hall–Kier alpha value is -0.160. The Labute approximate surface area is 112 Å². The van der Waals surface area contributed by atoms with E-state index >= 15 is 0 Å². The number of aryl methyl sites for hydroxylation is 2. The van der Waals surface area contributed by atoms with E-state index in [2.05, 4.69) is 48.0 Å². The lowest BCUT2D eigenvalue weighted by molar-refractivity contribution is 0.912. The Balaban J connectivity index is 2.31. The monoisotopic (exact) mass is 315 g/mol. The molecular weight excluding hydrogens is 302 g/mol. The van der Waals surface area contributed by atoms with Crippen LogP contribution in [0, 0.1) is 6.92 Å². The molecule has 86 valence electrons. The lowest BCUT2D eigenvalue weighted by Gasteiger charge is -2.07. The smallest absolute Gasteiger partial charge is 0.0751 e. The average Bonchev–Trinajstić information content (AvgIpc) is 2.84. The predicted octanol–water partition coefficient (Wildman–Crippen LogP) is 4.49. The molecule has 2 aromatic rings. The molecule has 1 atom stereocenters. The molecule has 0 spiro atoms. The Kier molecular flexibility index (Phi) is 3.85. The molecule has 2 aromatic heterocycles. The van der Waals surface area contributed by atoms with Crippen LogP contribution in [0.2, 0.25) is 0 Å². The Morgan fingerprint density at radius 1 is 1.38 bits per heavy atom. The molecule has 0 aliphatic carbocycles. The minimum absolute atomic E-state index is 0.0124. The van der Waals surface area contributed by atoms with E-state index in [4.69, 9.17) is 5.73 Å². The number of halogens is 1. The van der Waals surface area contributed by atoms with Crippen molar-refractivity contribution < 1.29 is 0 Å². The predicted molar refractivity (Wildman–Crippen MR) is 76.5 cm³/mol. The van der Waals surface area contributed by atoms with Crippen LogP contribution in [0.5, 0.6) is 0 Å². The molecule has 0 fully saturated rings. The maximum atomic E-state index is 6.29. The molecular formula is C12H14BrNS2. The molecule has 16 heavy (non-hydrogen) atoms. The number of rotatable bonds is 3. The summed E-state index contributed by atoms with van der Waals surface area (Å²) in [5, 5.41) is 0. The van der Waals surface area contributed by atoms with E-state index < -0.39 is 0 Å². The molecule has 0 aliphatic rings. The van der Waals surface area contributed by atoms with Crippen molar-refractivity contribution in [1.29, 1.82) is 0 Å². The first-order valence-corrected chi connectivity index (χ1v) is 7.64. The van der Waals surface area contributed by atoms with Gasteiger partial charge in [-0.25, -0.2) is 0 Å². The SMILES string of the molecule is CCc1ccc(C(N)c2sc(C)cc2Br)s1. The van der Waals surface area contributed by atoms with Crippen LogP contribution in [0.1, 0.15) is 32.5 Å². The molecule has 0 saturated heterocycles. The molecule has 2 rings (SSSR count). The third-order valence-corrected chi connectivity index (χ3v) is 5.82. The van der Waals surface area contributed by atoms with Gasteiger partial charge in [0.15, 0.2) is 0 Å². The summed E-state index contributed by atoms with van der Waals surface area (Å²) < 4.78 is 1.13. The molecule has 1 unspecified atom stereocenters. The van der Waals surface area contributed by atoms with E-state index in [1.165, 1.54) is 19.5 Å². The highest BCUT2D eigenvalue weighted by Gasteiger charge is 2.16. The standard InChI is InChI=1S/C12H14BrNS2/c1-3-8-4-5-10(16-8)11(14)12-9(13)6-7(2)15-12/h4-6,11H,3,14H2,1-2H3. The lowest BCUT2D eigenvalue weighted by Crippen LogP contribution is -2.08. The van der Waals surface area contributed by atoms with Crippen molar-refractivity contribution in [2.45, 2.75) is 26.3 Å². The van der Waals surface area contributed by atoms with Crippen LogP contribution < -0.4 is 5.73 Å². The van der Waals surface area contributed by atoms with Crippen molar-refractivity contribution in [2.24, 2.45) is 5.73 Å². The van der Waals surface area contributed by atoms with Gasteiger partial charge in [-0.1, -0.05) is 6.92 Å². The van der Waals surface area contributed by atoms with Crippen molar-refractivity contribution >= 4 is 38.6 Å². The van der Waals surface area contributed by atoms with Crippen molar-refractivity contribution in [3.63, 3.8) is 0 Å². The molecule has 0 radical (unpaired) electrons. The number of hydrogen-bond donors (Lipinski definition) is 1. The van der Waals surface area contributed by atoms with Gasteiger partial charge in [-0.2, -0.15) is 0 Å². The molecule has 0 amide bonds. The molecule has 0 aliphatic heterocycles. The summed E-state index contributed by atoms with van der Waals surface area (Å²) in [6.07, 6.45) is 1.09. The minimum atomic E-state index is 0.0124. The van der Waals surface area contributed by atoms with Gasteiger partial charge in [0.1, 0.15) is 0 Å². The fourth-order valence-corrected chi connectivity index (χ4v) is 4.55. The number of nitrogens with two attached hydrogens (primary N) is 1. The second kappa shape index (κ2) is 5.00. The summed E-state index contributed by atoms with van der Waals surface area (Å²) in [5.41, 5.74) is 6.29. The van der Waals surface area contributed by atoms with Gasteiger partial charge in [0.25, 0.3) is 0 Å². The second-order valence-electron chi connectivity index (χ2n) is 3.70. The van der Waals surface area contributed by atoms with Gasteiger partial charge in [0.2, 0.25) is 0 Å². The Morgan fingerprint density at radius 3 is 2.62 bits per heavy atom. The third kappa shape index (κ3) is 2.40. The first kappa shape index (κ1) is 12.3. The van der Waals surface area contributed by atoms with Gasteiger partial charge >= 0.3 is 0 Å². The fourth-order valence-electron chi connectivity index (χ4n) is 1.59. The van der Waals surface area contributed by atoms with Crippen LogP contribution in [0.15, 0.2) is 22.7 Å². The van der Waals surface area contributed by atoms with E-state index in [1.807, 2.05) is 11.3 Å². The normalized spacial score (nSPS) is 13.0. The van der Waals surface area contributed by atoms with Crippen LogP contribution in [-0.4, -0.2) is 0 Å². The first-order chi connectivity index (χ1) is 7.61. The highest BCUT2D eigenvalue weighted by atomic mass is 79.9. The second-order valence-corrected chi connectivity index (χ2v) is 7.05. The maximum absolute atomic E-state index is 6.29. The van der Waals surface area contributed by atoms with E-state index in [-0.39, 0.29) is 6.04 Å². The summed E-state index contributed by atoms with van der Waals surface area (Å²) >= 11 is 7.16. The van der Waals surface area contributed by atoms with Crippen LogP contribution in [0.25, 0.3) is 0 Å². The van der Waals surface area contributed by atoms with Gasteiger partial charge in [0.05, 0.1) is 6.04 Å². The Morgan fingerprint density at radius 2 is 2.12 bits per heavy atom. The fraction of sp³-hybridized carbons (Fsp3) is 0.333. The van der Waals surface area contributed by atoms with Gasteiger partial charge in [0, 0.05) is 24.0 Å². The summed E-state index contributed by atoms with van der Waals surface area (Å²) in [6.45, 7) is 4.28. The van der Waals surface area contributed by atoms with E-state index in [1.54, 1.807) is 11.3 Å². The molecule has 0 saturated carbocycles. The van der Waals surface area contributed by atoms with Gasteiger partial charge < -0.3 is 5.73 Å². The van der Waals surface area contributed by atoms with Crippen LogP contribution in [0.3, 0.4) is 0 Å².